The molecule has 0 radical (unpaired) electrons. The van der Waals surface area contributed by atoms with Gasteiger partial charge in [0.25, 0.3) is 5.56 Å². The molecule has 2 aromatic carbocycles. The zero-order valence-corrected chi connectivity index (χ0v) is 12.0. The Hall–Kier alpha value is -2.75. The van der Waals surface area contributed by atoms with Crippen molar-refractivity contribution in [2.75, 3.05) is 7.11 Å². The van der Waals surface area contributed by atoms with Gasteiger partial charge in [-0.15, -0.1) is 0 Å². The van der Waals surface area contributed by atoms with Crippen LogP contribution in [0.2, 0.25) is 0 Å². The van der Waals surface area contributed by atoms with Crippen LogP contribution >= 0.6 is 0 Å². The lowest BCUT2D eigenvalue weighted by Gasteiger charge is -2.04. The van der Waals surface area contributed by atoms with Gasteiger partial charge in [-0.1, -0.05) is 30.3 Å². The van der Waals surface area contributed by atoms with Gasteiger partial charge in [-0.25, -0.2) is 4.68 Å². The zero-order valence-electron chi connectivity index (χ0n) is 12.0. The molecule has 0 saturated carbocycles. The molecule has 106 valence electrons. The van der Waals surface area contributed by atoms with E-state index < -0.39 is 0 Å². The molecule has 4 nitrogen and oxygen atoms in total. The number of nitrogens with one attached hydrogen (secondary N) is 1. The zero-order chi connectivity index (χ0) is 14.8. The van der Waals surface area contributed by atoms with Gasteiger partial charge in [0.1, 0.15) is 5.75 Å². The molecule has 0 aliphatic carbocycles. The lowest BCUT2D eigenvalue weighted by atomic mass is 10.1. The number of methoxy groups -OCH3 is 1. The Bertz CT molecular complexity index is 799. The van der Waals surface area contributed by atoms with Crippen LogP contribution in [0.3, 0.4) is 0 Å². The van der Waals surface area contributed by atoms with Crippen LogP contribution in [0.25, 0.3) is 16.9 Å². The first-order valence-corrected chi connectivity index (χ1v) is 6.72. The summed E-state index contributed by atoms with van der Waals surface area (Å²) in [6, 6.07) is 17.2. The predicted octanol–water partition coefficient (Wildman–Crippen LogP) is 3.15. The number of hydrogen-bond acceptors (Lipinski definition) is 2. The first kappa shape index (κ1) is 13.2. The van der Waals surface area contributed by atoms with E-state index in [1.54, 1.807) is 11.8 Å². The quantitative estimate of drug-likeness (QED) is 0.801. The van der Waals surface area contributed by atoms with Crippen molar-refractivity contribution in [1.82, 2.24) is 9.78 Å². The lowest BCUT2D eigenvalue weighted by molar-refractivity contribution is 0.414. The summed E-state index contributed by atoms with van der Waals surface area (Å²) >= 11 is 0. The van der Waals surface area contributed by atoms with Crippen molar-refractivity contribution in [3.63, 3.8) is 0 Å². The molecule has 1 aromatic heterocycles. The van der Waals surface area contributed by atoms with Gasteiger partial charge >= 0.3 is 0 Å². The highest BCUT2D eigenvalue weighted by atomic mass is 16.5. The van der Waals surface area contributed by atoms with E-state index in [2.05, 4.69) is 5.10 Å². The van der Waals surface area contributed by atoms with Crippen molar-refractivity contribution in [3.05, 3.63) is 70.5 Å². The van der Waals surface area contributed by atoms with Gasteiger partial charge in [0.2, 0.25) is 0 Å². The number of benzene rings is 2. The average Bonchev–Trinajstić information content (AvgIpc) is 2.84. The smallest absolute Gasteiger partial charge is 0.274 e. The fourth-order valence-corrected chi connectivity index (χ4v) is 2.32. The Balaban J connectivity index is 2.10. The first-order chi connectivity index (χ1) is 10.2. The van der Waals surface area contributed by atoms with Crippen LogP contribution in [0.5, 0.6) is 5.75 Å². The molecule has 4 heteroatoms. The van der Waals surface area contributed by atoms with Crippen molar-refractivity contribution < 1.29 is 4.74 Å². The van der Waals surface area contributed by atoms with Gasteiger partial charge in [-0.2, -0.15) is 0 Å². The van der Waals surface area contributed by atoms with E-state index in [0.717, 1.165) is 22.7 Å². The van der Waals surface area contributed by atoms with Crippen molar-refractivity contribution >= 4 is 0 Å². The summed E-state index contributed by atoms with van der Waals surface area (Å²) in [6.07, 6.45) is 0. The van der Waals surface area contributed by atoms with Crippen molar-refractivity contribution in [1.29, 1.82) is 0 Å². The molecule has 0 aliphatic heterocycles. The molecule has 21 heavy (non-hydrogen) atoms. The standard InChI is InChI=1S/C17H16N2O2/c1-12-16(13-6-4-3-5-7-13)18-19(17(12)20)14-8-10-15(21-2)11-9-14/h3-11,18H,1-2H3. The van der Waals surface area contributed by atoms with Crippen molar-refractivity contribution in [2.45, 2.75) is 6.92 Å². The fourth-order valence-electron chi connectivity index (χ4n) is 2.32. The van der Waals surface area contributed by atoms with E-state index >= 15 is 0 Å². The third-order valence-corrected chi connectivity index (χ3v) is 3.52. The molecule has 0 spiro atoms. The number of aromatic nitrogens is 2. The van der Waals surface area contributed by atoms with E-state index in [1.807, 2.05) is 61.5 Å². The predicted molar refractivity (Wildman–Crippen MR) is 83.1 cm³/mol. The normalized spacial score (nSPS) is 10.6. The molecule has 0 bridgehead atoms. The highest BCUT2D eigenvalue weighted by molar-refractivity contribution is 5.62. The van der Waals surface area contributed by atoms with Crippen molar-refractivity contribution in [2.24, 2.45) is 0 Å². The van der Waals surface area contributed by atoms with Gasteiger partial charge in [-0.05, 0) is 36.8 Å². The largest absolute Gasteiger partial charge is 0.497 e. The second kappa shape index (κ2) is 5.32. The van der Waals surface area contributed by atoms with Crippen LogP contribution in [0.1, 0.15) is 5.56 Å². The third kappa shape index (κ3) is 2.36. The minimum Gasteiger partial charge on any atom is -0.497 e. The van der Waals surface area contributed by atoms with E-state index in [9.17, 15) is 4.79 Å². The highest BCUT2D eigenvalue weighted by Crippen LogP contribution is 2.20. The number of rotatable bonds is 3. The SMILES string of the molecule is COc1ccc(-n2[nH]c(-c3ccccc3)c(C)c2=O)cc1. The second-order valence-electron chi connectivity index (χ2n) is 4.82. The summed E-state index contributed by atoms with van der Waals surface area (Å²) in [5, 5.41) is 3.18. The maximum atomic E-state index is 12.4. The molecular formula is C17H16N2O2. The number of H-pyrrole nitrogens is 1. The average molecular weight is 280 g/mol. The van der Waals surface area contributed by atoms with Gasteiger partial charge in [0.05, 0.1) is 18.5 Å². The number of hydrogen-bond donors (Lipinski definition) is 1. The summed E-state index contributed by atoms with van der Waals surface area (Å²) in [5.74, 6) is 0.762. The minimum atomic E-state index is -0.0426. The Morgan fingerprint density at radius 3 is 2.29 bits per heavy atom. The molecular weight excluding hydrogens is 264 g/mol. The molecule has 0 atom stereocenters. The molecule has 1 N–H and O–H groups in total. The van der Waals surface area contributed by atoms with E-state index in [-0.39, 0.29) is 5.56 Å². The summed E-state index contributed by atoms with van der Waals surface area (Å²) in [5.41, 5.74) is 3.29. The Morgan fingerprint density at radius 2 is 1.67 bits per heavy atom. The van der Waals surface area contributed by atoms with Crippen LogP contribution in [-0.2, 0) is 0 Å². The lowest BCUT2D eigenvalue weighted by Crippen LogP contribution is -2.15. The number of ether oxygens (including phenoxy) is 1. The molecule has 1 heterocycles. The molecule has 3 aromatic rings. The summed E-state index contributed by atoms with van der Waals surface area (Å²) in [4.78, 5) is 12.4. The maximum absolute atomic E-state index is 12.4. The third-order valence-electron chi connectivity index (χ3n) is 3.52. The molecule has 3 rings (SSSR count). The topological polar surface area (TPSA) is 47.0 Å². The van der Waals surface area contributed by atoms with E-state index in [4.69, 9.17) is 4.74 Å². The number of aromatic amines is 1. The van der Waals surface area contributed by atoms with Crippen LogP contribution in [-0.4, -0.2) is 16.9 Å². The first-order valence-electron chi connectivity index (χ1n) is 6.72. The Labute approximate surface area is 122 Å². The maximum Gasteiger partial charge on any atom is 0.274 e. The van der Waals surface area contributed by atoms with Gasteiger partial charge in [0, 0.05) is 5.56 Å². The van der Waals surface area contributed by atoms with E-state index in [1.165, 1.54) is 0 Å². The Kier molecular flexibility index (Phi) is 3.36. The summed E-state index contributed by atoms with van der Waals surface area (Å²) in [7, 11) is 1.62. The monoisotopic (exact) mass is 280 g/mol. The second-order valence-corrected chi connectivity index (χ2v) is 4.82. The molecule has 0 aliphatic rings. The van der Waals surface area contributed by atoms with Crippen LogP contribution in [0.15, 0.2) is 59.4 Å². The summed E-state index contributed by atoms with van der Waals surface area (Å²) in [6.45, 7) is 1.83. The van der Waals surface area contributed by atoms with Crippen LogP contribution in [0, 0.1) is 6.92 Å². The minimum absolute atomic E-state index is 0.0426. The van der Waals surface area contributed by atoms with Gasteiger partial charge in [0.15, 0.2) is 0 Å². The van der Waals surface area contributed by atoms with Crippen LogP contribution < -0.4 is 10.3 Å². The molecule has 0 amide bonds. The highest BCUT2D eigenvalue weighted by Gasteiger charge is 2.12. The van der Waals surface area contributed by atoms with Gasteiger partial charge < -0.3 is 4.74 Å². The molecule has 0 unspecified atom stereocenters. The number of nitrogens with zero attached hydrogens (tertiary/aromatic N) is 1. The molecule has 0 saturated heterocycles. The Morgan fingerprint density at radius 1 is 1.00 bits per heavy atom. The van der Waals surface area contributed by atoms with Crippen LogP contribution in [0.4, 0.5) is 0 Å². The fraction of sp³-hybridized carbons (Fsp3) is 0.118. The summed E-state index contributed by atoms with van der Waals surface area (Å²) < 4.78 is 6.69. The van der Waals surface area contributed by atoms with E-state index in [0.29, 0.717) is 5.56 Å². The van der Waals surface area contributed by atoms with Crippen molar-refractivity contribution in [3.8, 4) is 22.7 Å². The van der Waals surface area contributed by atoms with Gasteiger partial charge in [-0.3, -0.25) is 9.89 Å². The molecule has 0 fully saturated rings.